The topological polar surface area (TPSA) is 89.9 Å². The second kappa shape index (κ2) is 8.82. The van der Waals surface area contributed by atoms with Crippen molar-refractivity contribution >= 4 is 17.7 Å². The Hall–Kier alpha value is -4.14. The number of nitrogens with one attached hydrogen (secondary N) is 1. The summed E-state index contributed by atoms with van der Waals surface area (Å²) in [6.07, 6.45) is 0. The van der Waals surface area contributed by atoms with Crippen molar-refractivity contribution in [2.24, 2.45) is 0 Å². The molecule has 1 saturated heterocycles. The number of halogens is 1. The van der Waals surface area contributed by atoms with Crippen molar-refractivity contribution < 1.29 is 28.2 Å². The molecule has 1 aromatic heterocycles. The van der Waals surface area contributed by atoms with Gasteiger partial charge in [-0.15, -0.1) is 0 Å². The summed E-state index contributed by atoms with van der Waals surface area (Å²) in [6, 6.07) is 12.4. The molecule has 1 atom stereocenters. The molecule has 8 nitrogen and oxygen atoms in total. The van der Waals surface area contributed by atoms with Gasteiger partial charge < -0.3 is 19.4 Å². The molecular weight excluding hydrogens is 465 g/mol. The molecule has 0 aliphatic carbocycles. The molecule has 2 aliphatic heterocycles. The van der Waals surface area contributed by atoms with Crippen molar-refractivity contribution in [3.8, 4) is 11.5 Å². The number of Topliss-reactive ketones (excluding diaryl/α,β-unsaturated/α-hetero) is 1. The van der Waals surface area contributed by atoms with Crippen LogP contribution in [0.2, 0.25) is 0 Å². The molecule has 3 heterocycles. The highest BCUT2D eigenvalue weighted by Crippen LogP contribution is 2.37. The average Bonchev–Trinajstić information content (AvgIpc) is 3.27. The molecule has 3 aromatic rings. The number of ketones is 1. The fourth-order valence-electron chi connectivity index (χ4n) is 4.72. The second-order valence-electron chi connectivity index (χ2n) is 9.23. The molecule has 2 aliphatic rings. The maximum absolute atomic E-state index is 13.4. The first-order valence-corrected chi connectivity index (χ1v) is 11.7. The van der Waals surface area contributed by atoms with Gasteiger partial charge in [-0.3, -0.25) is 14.5 Å². The Labute approximate surface area is 207 Å². The molecule has 186 valence electrons. The quantitative estimate of drug-likeness (QED) is 0.419. The zero-order valence-electron chi connectivity index (χ0n) is 20.3. The number of carbonyl (C=O) groups is 3. The summed E-state index contributed by atoms with van der Waals surface area (Å²) in [6.45, 7) is 6.22. The Morgan fingerprint density at radius 2 is 1.72 bits per heavy atom. The average molecular weight is 492 g/mol. The molecule has 2 aromatic carbocycles. The monoisotopic (exact) mass is 491 g/mol. The van der Waals surface area contributed by atoms with Crippen molar-refractivity contribution in [3.05, 3.63) is 82.4 Å². The smallest absolute Gasteiger partial charge is 0.325 e. The molecule has 5 rings (SSSR count). The first kappa shape index (κ1) is 23.6. The highest BCUT2D eigenvalue weighted by Gasteiger charge is 2.50. The van der Waals surface area contributed by atoms with Gasteiger partial charge in [0.15, 0.2) is 17.3 Å². The minimum Gasteiger partial charge on any atom is -0.486 e. The van der Waals surface area contributed by atoms with Gasteiger partial charge in [0.25, 0.3) is 5.91 Å². The molecule has 0 spiro atoms. The van der Waals surface area contributed by atoms with E-state index in [4.69, 9.17) is 9.47 Å². The van der Waals surface area contributed by atoms with Crippen molar-refractivity contribution in [1.29, 1.82) is 0 Å². The van der Waals surface area contributed by atoms with Crippen LogP contribution >= 0.6 is 0 Å². The highest BCUT2D eigenvalue weighted by atomic mass is 19.1. The molecule has 0 unspecified atom stereocenters. The number of rotatable bonds is 6. The number of hydrogen-bond donors (Lipinski definition) is 1. The normalized spacial score (nSPS) is 18.9. The van der Waals surface area contributed by atoms with Gasteiger partial charge in [-0.25, -0.2) is 9.18 Å². The minimum atomic E-state index is -1.34. The zero-order valence-corrected chi connectivity index (χ0v) is 20.3. The first-order chi connectivity index (χ1) is 17.2. The van der Waals surface area contributed by atoms with Crippen molar-refractivity contribution in [1.82, 2.24) is 14.8 Å². The van der Waals surface area contributed by atoms with Crippen LogP contribution in [0.1, 0.15) is 39.8 Å². The number of ether oxygens (including phenoxy) is 2. The van der Waals surface area contributed by atoms with E-state index in [0.29, 0.717) is 48.1 Å². The van der Waals surface area contributed by atoms with E-state index < -0.39 is 17.5 Å². The summed E-state index contributed by atoms with van der Waals surface area (Å²) in [5, 5.41) is 2.73. The lowest BCUT2D eigenvalue weighted by atomic mass is 9.91. The Morgan fingerprint density at radius 1 is 1.03 bits per heavy atom. The SMILES string of the molecule is Cc1cc(C(=O)CN2C(=O)N[C@](C)(c3ccc4c(c3)OCCO4)C2=O)c(C)n1Cc1ccc(F)cc1. The van der Waals surface area contributed by atoms with Crippen LogP contribution in [0.3, 0.4) is 0 Å². The molecule has 9 heteroatoms. The number of imide groups is 1. The molecule has 1 fully saturated rings. The third kappa shape index (κ3) is 4.00. The van der Waals surface area contributed by atoms with Crippen LogP contribution in [0.25, 0.3) is 0 Å². The summed E-state index contributed by atoms with van der Waals surface area (Å²) < 4.78 is 26.4. The lowest BCUT2D eigenvalue weighted by molar-refractivity contribution is -0.130. The number of hydrogen-bond acceptors (Lipinski definition) is 5. The number of nitrogens with zero attached hydrogens (tertiary/aromatic N) is 2. The van der Waals surface area contributed by atoms with E-state index in [0.717, 1.165) is 16.2 Å². The van der Waals surface area contributed by atoms with Gasteiger partial charge in [0, 0.05) is 23.5 Å². The lowest BCUT2D eigenvalue weighted by Crippen LogP contribution is -2.41. The number of benzene rings is 2. The largest absolute Gasteiger partial charge is 0.486 e. The Morgan fingerprint density at radius 3 is 2.44 bits per heavy atom. The molecular formula is C27H26FN3O5. The van der Waals surface area contributed by atoms with E-state index >= 15 is 0 Å². The standard InChI is InChI=1S/C27H26FN3O5/c1-16-12-21(17(2)30(16)14-18-4-7-20(28)8-5-18)22(32)15-31-25(33)27(3,29-26(31)34)19-6-9-23-24(13-19)36-11-10-35-23/h4-9,12-13H,10-11,14-15H2,1-3H3,(H,29,34)/t27-/m1/s1. The van der Waals surface area contributed by atoms with Crippen LogP contribution in [-0.4, -0.2) is 46.9 Å². The highest BCUT2D eigenvalue weighted by molar-refractivity contribution is 6.11. The van der Waals surface area contributed by atoms with E-state index in [2.05, 4.69) is 5.32 Å². The predicted octanol–water partition coefficient (Wildman–Crippen LogP) is 3.71. The van der Waals surface area contributed by atoms with Gasteiger partial charge in [-0.2, -0.15) is 0 Å². The van der Waals surface area contributed by atoms with Crippen LogP contribution < -0.4 is 14.8 Å². The van der Waals surface area contributed by atoms with Gasteiger partial charge in [-0.05, 0) is 62.2 Å². The third-order valence-corrected chi connectivity index (χ3v) is 6.82. The van der Waals surface area contributed by atoms with Crippen LogP contribution in [0, 0.1) is 19.7 Å². The molecule has 0 bridgehead atoms. The summed E-state index contributed by atoms with van der Waals surface area (Å²) in [5.41, 5.74) is 2.08. The van der Waals surface area contributed by atoms with E-state index in [9.17, 15) is 18.8 Å². The number of aromatic nitrogens is 1. The van der Waals surface area contributed by atoms with Crippen LogP contribution in [0.5, 0.6) is 11.5 Å². The lowest BCUT2D eigenvalue weighted by Gasteiger charge is -2.25. The number of carbonyl (C=O) groups excluding carboxylic acids is 3. The van der Waals surface area contributed by atoms with Gasteiger partial charge in [-0.1, -0.05) is 18.2 Å². The van der Waals surface area contributed by atoms with Crippen molar-refractivity contribution in [2.45, 2.75) is 32.9 Å². The Kier molecular flexibility index (Phi) is 5.78. The molecule has 0 saturated carbocycles. The van der Waals surface area contributed by atoms with Crippen LogP contribution in [-0.2, 0) is 16.9 Å². The maximum Gasteiger partial charge on any atom is 0.325 e. The number of fused-ring (bicyclic) bond motifs is 1. The molecule has 1 N–H and O–H groups in total. The van der Waals surface area contributed by atoms with E-state index in [1.54, 1.807) is 43.3 Å². The van der Waals surface area contributed by atoms with E-state index in [-0.39, 0.29) is 18.1 Å². The van der Waals surface area contributed by atoms with Gasteiger partial charge in [0.1, 0.15) is 24.6 Å². The Bertz CT molecular complexity index is 1380. The summed E-state index contributed by atoms with van der Waals surface area (Å²) in [5.74, 6) is -0.0908. The number of amides is 3. The van der Waals surface area contributed by atoms with Crippen LogP contribution in [0.4, 0.5) is 9.18 Å². The van der Waals surface area contributed by atoms with Crippen molar-refractivity contribution in [3.63, 3.8) is 0 Å². The zero-order chi connectivity index (χ0) is 25.6. The van der Waals surface area contributed by atoms with E-state index in [1.165, 1.54) is 12.1 Å². The van der Waals surface area contributed by atoms with Gasteiger partial charge >= 0.3 is 6.03 Å². The van der Waals surface area contributed by atoms with E-state index in [1.807, 2.05) is 18.4 Å². The number of urea groups is 1. The fraction of sp³-hybridized carbons (Fsp3) is 0.296. The summed E-state index contributed by atoms with van der Waals surface area (Å²) >= 11 is 0. The first-order valence-electron chi connectivity index (χ1n) is 11.7. The van der Waals surface area contributed by atoms with Crippen molar-refractivity contribution in [2.75, 3.05) is 19.8 Å². The molecule has 36 heavy (non-hydrogen) atoms. The maximum atomic E-state index is 13.4. The second-order valence-corrected chi connectivity index (χ2v) is 9.23. The fourth-order valence-corrected chi connectivity index (χ4v) is 4.72. The van der Waals surface area contributed by atoms with Crippen LogP contribution in [0.15, 0.2) is 48.5 Å². The summed E-state index contributed by atoms with van der Waals surface area (Å²) in [7, 11) is 0. The summed E-state index contributed by atoms with van der Waals surface area (Å²) in [4.78, 5) is 40.4. The number of aryl methyl sites for hydroxylation is 1. The predicted molar refractivity (Wildman–Crippen MR) is 129 cm³/mol. The Balaban J connectivity index is 1.35. The molecule has 3 amide bonds. The minimum absolute atomic E-state index is 0.313. The van der Waals surface area contributed by atoms with Gasteiger partial charge in [0.2, 0.25) is 0 Å². The molecule has 0 radical (unpaired) electrons. The van der Waals surface area contributed by atoms with Gasteiger partial charge in [0.05, 0.1) is 6.54 Å². The third-order valence-electron chi connectivity index (χ3n) is 6.82.